The number of fused-ring (bicyclic) bond motifs is 3. The van der Waals surface area contributed by atoms with E-state index in [1.54, 1.807) is 12.0 Å². The van der Waals surface area contributed by atoms with Crippen molar-refractivity contribution in [3.05, 3.63) is 41.7 Å². The number of carbonyl (C=O) groups is 1. The van der Waals surface area contributed by atoms with Crippen molar-refractivity contribution < 1.29 is 14.3 Å². The standard InChI is InChI=1S/C23H30N2O3/c1-15-24-23(21(26)25(15)2)20-12-19(28-14-16-4-5-16)7-6-17(20)13-22(23)10-8-18(27-3)9-11-22/h6-7,12,16,18,24H,1,4-5,8-11,13-14H2,2-3H3. The molecule has 1 saturated heterocycles. The summed E-state index contributed by atoms with van der Waals surface area (Å²) in [6.07, 6.45) is 7.66. The average Bonchev–Trinajstić information content (AvgIpc) is 3.47. The van der Waals surface area contributed by atoms with Gasteiger partial charge in [0.2, 0.25) is 0 Å². The van der Waals surface area contributed by atoms with Gasteiger partial charge >= 0.3 is 0 Å². The second-order valence-corrected chi connectivity index (χ2v) is 9.15. The van der Waals surface area contributed by atoms with E-state index in [0.717, 1.165) is 50.0 Å². The maximum absolute atomic E-state index is 13.6. The predicted molar refractivity (Wildman–Crippen MR) is 107 cm³/mol. The highest BCUT2D eigenvalue weighted by molar-refractivity contribution is 5.94. The lowest BCUT2D eigenvalue weighted by Crippen LogP contribution is -2.56. The van der Waals surface area contributed by atoms with Crippen LogP contribution in [0.15, 0.2) is 30.6 Å². The lowest BCUT2D eigenvalue weighted by Gasteiger charge is -2.46. The fourth-order valence-corrected chi connectivity index (χ4v) is 5.63. The van der Waals surface area contributed by atoms with Gasteiger partial charge in [-0.05, 0) is 74.1 Å². The van der Waals surface area contributed by atoms with E-state index in [-0.39, 0.29) is 11.3 Å². The highest BCUT2D eigenvalue weighted by Gasteiger charge is 2.66. The van der Waals surface area contributed by atoms with E-state index in [1.807, 2.05) is 7.05 Å². The zero-order valence-corrected chi connectivity index (χ0v) is 16.9. The molecule has 2 spiro atoms. The lowest BCUT2D eigenvalue weighted by molar-refractivity contribution is -0.137. The number of carbonyl (C=O) groups excluding carboxylic acids is 1. The van der Waals surface area contributed by atoms with Crippen LogP contribution in [0.25, 0.3) is 0 Å². The van der Waals surface area contributed by atoms with Gasteiger partial charge in [0.15, 0.2) is 5.54 Å². The topological polar surface area (TPSA) is 50.8 Å². The Kier molecular flexibility index (Phi) is 4.02. The minimum absolute atomic E-state index is 0.117. The number of methoxy groups -OCH3 is 1. The largest absolute Gasteiger partial charge is 0.493 e. The van der Waals surface area contributed by atoms with E-state index in [9.17, 15) is 4.79 Å². The van der Waals surface area contributed by atoms with Crippen molar-refractivity contribution in [3.63, 3.8) is 0 Å². The van der Waals surface area contributed by atoms with Crippen LogP contribution < -0.4 is 10.1 Å². The molecule has 2 saturated carbocycles. The Morgan fingerprint density at radius 3 is 2.61 bits per heavy atom. The first-order valence-electron chi connectivity index (χ1n) is 10.5. The molecule has 1 atom stereocenters. The van der Waals surface area contributed by atoms with Gasteiger partial charge in [0.1, 0.15) is 11.6 Å². The van der Waals surface area contributed by atoms with Crippen molar-refractivity contribution in [2.45, 2.75) is 56.6 Å². The molecule has 1 heterocycles. The van der Waals surface area contributed by atoms with Crippen LogP contribution in [-0.4, -0.2) is 37.7 Å². The summed E-state index contributed by atoms with van der Waals surface area (Å²) in [5, 5.41) is 3.57. The summed E-state index contributed by atoms with van der Waals surface area (Å²) < 4.78 is 11.7. The van der Waals surface area contributed by atoms with Crippen LogP contribution >= 0.6 is 0 Å². The highest BCUT2D eigenvalue weighted by atomic mass is 16.5. The maximum Gasteiger partial charge on any atom is 0.258 e. The second-order valence-electron chi connectivity index (χ2n) is 9.15. The summed E-state index contributed by atoms with van der Waals surface area (Å²) in [6.45, 7) is 4.89. The van der Waals surface area contributed by atoms with Crippen LogP contribution in [0.3, 0.4) is 0 Å². The number of nitrogens with zero attached hydrogens (tertiary/aromatic N) is 1. The third-order valence-corrected chi connectivity index (χ3v) is 7.58. The predicted octanol–water partition coefficient (Wildman–Crippen LogP) is 3.34. The summed E-state index contributed by atoms with van der Waals surface area (Å²) in [5.74, 6) is 2.39. The van der Waals surface area contributed by atoms with Gasteiger partial charge in [-0.3, -0.25) is 9.69 Å². The third kappa shape index (κ3) is 2.45. The molecule has 1 unspecified atom stereocenters. The molecule has 1 N–H and O–H groups in total. The molecular formula is C23H30N2O3. The molecule has 3 fully saturated rings. The minimum atomic E-state index is -0.730. The number of ether oxygens (including phenoxy) is 2. The molecule has 3 aliphatic carbocycles. The highest BCUT2D eigenvalue weighted by Crippen LogP contribution is 2.60. The fraction of sp³-hybridized carbons (Fsp3) is 0.609. The molecule has 5 nitrogen and oxygen atoms in total. The molecule has 150 valence electrons. The first-order chi connectivity index (χ1) is 13.5. The molecule has 4 aliphatic rings. The summed E-state index contributed by atoms with van der Waals surface area (Å²) in [5.41, 5.74) is 1.49. The monoisotopic (exact) mass is 382 g/mol. The van der Waals surface area contributed by atoms with Crippen LogP contribution in [0, 0.1) is 11.3 Å². The van der Waals surface area contributed by atoms with Crippen molar-refractivity contribution in [2.24, 2.45) is 11.3 Å². The molecule has 0 aromatic heterocycles. The molecular weight excluding hydrogens is 352 g/mol. The van der Waals surface area contributed by atoms with Crippen LogP contribution in [0.4, 0.5) is 0 Å². The summed E-state index contributed by atoms with van der Waals surface area (Å²) in [4.78, 5) is 15.3. The molecule has 0 bridgehead atoms. The number of rotatable bonds is 4. The zero-order chi connectivity index (χ0) is 19.5. The van der Waals surface area contributed by atoms with Crippen molar-refractivity contribution in [1.29, 1.82) is 0 Å². The van der Waals surface area contributed by atoms with Gasteiger partial charge in [0.25, 0.3) is 5.91 Å². The molecule has 5 rings (SSSR count). The van der Waals surface area contributed by atoms with Crippen molar-refractivity contribution >= 4 is 5.91 Å². The number of amides is 1. The number of hydrogen-bond donors (Lipinski definition) is 1. The van der Waals surface area contributed by atoms with Gasteiger partial charge < -0.3 is 14.8 Å². The van der Waals surface area contributed by atoms with Gasteiger partial charge in [0, 0.05) is 19.6 Å². The van der Waals surface area contributed by atoms with Crippen LogP contribution in [0.2, 0.25) is 0 Å². The Morgan fingerprint density at radius 2 is 2.00 bits per heavy atom. The molecule has 1 aliphatic heterocycles. The van der Waals surface area contributed by atoms with Crippen LogP contribution in [-0.2, 0) is 21.5 Å². The summed E-state index contributed by atoms with van der Waals surface area (Å²) in [6, 6.07) is 6.37. The summed E-state index contributed by atoms with van der Waals surface area (Å²) in [7, 11) is 3.62. The summed E-state index contributed by atoms with van der Waals surface area (Å²) >= 11 is 0. The minimum Gasteiger partial charge on any atom is -0.493 e. The second kappa shape index (κ2) is 6.24. The van der Waals surface area contributed by atoms with Gasteiger partial charge in [-0.1, -0.05) is 12.6 Å². The van der Waals surface area contributed by atoms with Crippen LogP contribution in [0.1, 0.15) is 49.7 Å². The number of likely N-dealkylation sites (N-methyl/N-ethyl adjacent to an activating group) is 1. The van der Waals surface area contributed by atoms with E-state index in [4.69, 9.17) is 9.47 Å². The molecule has 28 heavy (non-hydrogen) atoms. The molecule has 5 heteroatoms. The van der Waals surface area contributed by atoms with E-state index in [2.05, 4.69) is 30.1 Å². The van der Waals surface area contributed by atoms with E-state index >= 15 is 0 Å². The first kappa shape index (κ1) is 18.0. The maximum atomic E-state index is 13.6. The molecule has 1 aromatic carbocycles. The number of benzene rings is 1. The Labute approximate surface area is 167 Å². The van der Waals surface area contributed by atoms with Gasteiger partial charge in [-0.25, -0.2) is 0 Å². The van der Waals surface area contributed by atoms with E-state index in [1.165, 1.54) is 18.4 Å². The van der Waals surface area contributed by atoms with Crippen molar-refractivity contribution in [3.8, 4) is 5.75 Å². The molecule has 1 aromatic rings. The SMILES string of the molecule is C=C1NC2(C(=O)N1C)c1cc(OCC3CC3)ccc1CC21CCC(OC)CC1. The fourth-order valence-electron chi connectivity index (χ4n) is 5.63. The lowest BCUT2D eigenvalue weighted by atomic mass is 9.61. The Hall–Kier alpha value is -2.01. The Balaban J connectivity index is 1.56. The molecule has 0 radical (unpaired) electrons. The quantitative estimate of drug-likeness (QED) is 0.868. The zero-order valence-electron chi connectivity index (χ0n) is 16.9. The Bertz CT molecular complexity index is 823. The number of nitrogens with one attached hydrogen (secondary N) is 1. The van der Waals surface area contributed by atoms with Crippen molar-refractivity contribution in [1.82, 2.24) is 10.2 Å². The molecule has 1 amide bonds. The smallest absolute Gasteiger partial charge is 0.258 e. The third-order valence-electron chi connectivity index (χ3n) is 7.58. The van der Waals surface area contributed by atoms with Crippen LogP contribution in [0.5, 0.6) is 5.75 Å². The Morgan fingerprint density at radius 1 is 1.25 bits per heavy atom. The number of hydrogen-bond acceptors (Lipinski definition) is 4. The average molecular weight is 383 g/mol. The van der Waals surface area contributed by atoms with E-state index in [0.29, 0.717) is 17.8 Å². The van der Waals surface area contributed by atoms with Gasteiger partial charge in [-0.2, -0.15) is 0 Å². The van der Waals surface area contributed by atoms with E-state index < -0.39 is 5.54 Å². The van der Waals surface area contributed by atoms with Gasteiger partial charge in [0.05, 0.1) is 12.7 Å². The van der Waals surface area contributed by atoms with Crippen molar-refractivity contribution in [2.75, 3.05) is 20.8 Å². The van der Waals surface area contributed by atoms with Gasteiger partial charge in [-0.15, -0.1) is 0 Å². The normalized spacial score (nSPS) is 34.2. The first-order valence-corrected chi connectivity index (χ1v) is 10.5.